The summed E-state index contributed by atoms with van der Waals surface area (Å²) in [6, 6.07) is 9.67. The van der Waals surface area contributed by atoms with Gasteiger partial charge in [0, 0.05) is 24.2 Å². The van der Waals surface area contributed by atoms with Gasteiger partial charge in [0.05, 0.1) is 11.0 Å². The van der Waals surface area contributed by atoms with Crippen LogP contribution in [-0.2, 0) is 0 Å². The van der Waals surface area contributed by atoms with Crippen molar-refractivity contribution >= 4 is 16.9 Å². The Morgan fingerprint density at radius 3 is 2.27 bits per heavy atom. The van der Waals surface area contributed by atoms with Crippen LogP contribution in [0, 0.1) is 11.8 Å². The van der Waals surface area contributed by atoms with Crippen molar-refractivity contribution in [1.82, 2.24) is 14.5 Å². The predicted octanol–water partition coefficient (Wildman–Crippen LogP) is 4.02. The molecule has 0 unspecified atom stereocenters. The molecule has 2 aliphatic heterocycles. The van der Waals surface area contributed by atoms with Crippen LogP contribution in [0.4, 0.5) is 0 Å². The van der Waals surface area contributed by atoms with E-state index in [1.165, 1.54) is 57.8 Å². The number of oxime groups is 1. The molecule has 7 heteroatoms. The minimum atomic E-state index is -0.243. The van der Waals surface area contributed by atoms with Gasteiger partial charge >= 0.3 is 0 Å². The molecule has 2 aromatic rings. The quantitative estimate of drug-likeness (QED) is 0.319. The van der Waals surface area contributed by atoms with Crippen molar-refractivity contribution in [3.05, 3.63) is 40.3 Å². The first-order valence-corrected chi connectivity index (χ1v) is 12.9. The van der Waals surface area contributed by atoms with Crippen molar-refractivity contribution in [3.63, 3.8) is 0 Å². The lowest BCUT2D eigenvalue weighted by molar-refractivity contribution is -0.0485. The molecule has 2 saturated carbocycles. The highest BCUT2D eigenvalue weighted by molar-refractivity contribution is 5.96. The van der Waals surface area contributed by atoms with Gasteiger partial charge in [-0.2, -0.15) is 0 Å². The second-order valence-electron chi connectivity index (χ2n) is 10.9. The van der Waals surface area contributed by atoms with Crippen molar-refractivity contribution in [2.45, 2.75) is 94.8 Å². The van der Waals surface area contributed by atoms with Gasteiger partial charge in [-0.25, -0.2) is 4.98 Å². The van der Waals surface area contributed by atoms with Crippen LogP contribution in [0.25, 0.3) is 11.0 Å². The van der Waals surface area contributed by atoms with Crippen LogP contribution in [0.2, 0.25) is 0 Å². The summed E-state index contributed by atoms with van der Waals surface area (Å²) in [6.45, 7) is 0. The molecule has 3 heterocycles. The number of rotatable bonds is 3. The fourth-order valence-electron chi connectivity index (χ4n) is 7.87. The normalized spacial score (nSPS) is 35.0. The van der Waals surface area contributed by atoms with Crippen LogP contribution >= 0.6 is 0 Å². The molecular weight excluding hydrogens is 414 g/mol. The van der Waals surface area contributed by atoms with Crippen LogP contribution in [-0.4, -0.2) is 43.6 Å². The Morgan fingerprint density at radius 2 is 1.58 bits per heavy atom. The van der Waals surface area contributed by atoms with Crippen LogP contribution in [0.1, 0.15) is 82.4 Å². The zero-order chi connectivity index (χ0) is 22.5. The van der Waals surface area contributed by atoms with Crippen molar-refractivity contribution < 1.29 is 5.21 Å². The maximum Gasteiger partial charge on any atom is 0.281 e. The number of nitrogens with zero attached hydrogens (tertiary/aromatic N) is 4. The van der Waals surface area contributed by atoms with E-state index >= 15 is 0 Å². The Bertz CT molecular complexity index is 1100. The van der Waals surface area contributed by atoms with Crippen molar-refractivity contribution in [1.29, 1.82) is 0 Å². The topological polar surface area (TPSA) is 96.7 Å². The highest BCUT2D eigenvalue weighted by atomic mass is 16.4. The Balaban J connectivity index is 1.35. The van der Waals surface area contributed by atoms with Gasteiger partial charge in [-0.3, -0.25) is 9.69 Å². The van der Waals surface area contributed by atoms with Gasteiger partial charge in [0.2, 0.25) is 0 Å². The van der Waals surface area contributed by atoms with Crippen molar-refractivity contribution in [2.24, 2.45) is 22.7 Å². The van der Waals surface area contributed by atoms with Gasteiger partial charge in [0.15, 0.2) is 11.5 Å². The molecule has 1 aromatic heterocycles. The van der Waals surface area contributed by atoms with Gasteiger partial charge in [-0.15, -0.1) is 0 Å². The number of fused-ring (bicyclic) bond motifs is 5. The number of piperidine rings is 2. The maximum absolute atomic E-state index is 13.5. The molecular formula is C26H35N5O2. The maximum atomic E-state index is 13.5. The minimum Gasteiger partial charge on any atom is -0.409 e. The molecule has 2 aliphatic carbocycles. The lowest BCUT2D eigenvalue weighted by Gasteiger charge is -2.55. The number of benzene rings is 1. The zero-order valence-electron chi connectivity index (χ0n) is 19.3. The molecule has 6 atom stereocenters. The van der Waals surface area contributed by atoms with E-state index in [1.807, 2.05) is 28.8 Å². The molecule has 33 heavy (non-hydrogen) atoms. The van der Waals surface area contributed by atoms with E-state index < -0.39 is 0 Å². The van der Waals surface area contributed by atoms with Crippen LogP contribution < -0.4 is 11.3 Å². The van der Waals surface area contributed by atoms with Crippen LogP contribution in [0.5, 0.6) is 0 Å². The fraction of sp³-hybridized carbons (Fsp3) is 0.654. The fourth-order valence-corrected chi connectivity index (χ4v) is 7.87. The second-order valence-corrected chi connectivity index (χ2v) is 10.9. The molecule has 0 radical (unpaired) electrons. The molecule has 3 N–H and O–H groups in total. The zero-order valence-corrected chi connectivity index (χ0v) is 19.3. The predicted molar refractivity (Wildman–Crippen MR) is 129 cm³/mol. The lowest BCUT2D eigenvalue weighted by Crippen LogP contribution is -2.58. The smallest absolute Gasteiger partial charge is 0.281 e. The number of aromatic nitrogens is 2. The molecule has 176 valence electrons. The third-order valence-corrected chi connectivity index (χ3v) is 9.04. The first-order valence-electron chi connectivity index (χ1n) is 12.9. The number of hydrogen-bond acceptors (Lipinski definition) is 5. The van der Waals surface area contributed by atoms with Crippen molar-refractivity contribution in [2.75, 3.05) is 0 Å². The van der Waals surface area contributed by atoms with E-state index in [-0.39, 0.29) is 23.1 Å². The van der Waals surface area contributed by atoms with E-state index in [4.69, 9.17) is 5.73 Å². The standard InChI is InChI=1S/C26H35N5O2/c27-25(29-33)24-26(32)31(23-10-2-1-9-22(23)28-24)21-14-18-7-4-8-19(15-21)30(18)20-12-16-5-3-6-17(11-16)13-20/h1-2,9-10,16-21,33H,3-8,11-15H2,(H2,27,29)/t16-,17+,18-,19+,20+,21+. The Kier molecular flexibility index (Phi) is 5.40. The van der Waals surface area contributed by atoms with Crippen LogP contribution in [0.3, 0.4) is 0 Å². The van der Waals surface area contributed by atoms with Crippen LogP contribution in [0.15, 0.2) is 34.2 Å². The highest BCUT2D eigenvalue weighted by Gasteiger charge is 2.45. The SMILES string of the molecule is N/C(=N\O)c1nc2ccccc2n([C@H]2C[C@H]3CCC[C@@H](C2)N3[C@H]2C[C@@H]3CCC[C@@H](C3)C2)c1=O. The summed E-state index contributed by atoms with van der Waals surface area (Å²) in [5.41, 5.74) is 7.22. The summed E-state index contributed by atoms with van der Waals surface area (Å²) in [4.78, 5) is 20.9. The summed E-state index contributed by atoms with van der Waals surface area (Å²) in [7, 11) is 0. The average Bonchev–Trinajstić information content (AvgIpc) is 2.82. The summed E-state index contributed by atoms with van der Waals surface area (Å²) in [6.07, 6.45) is 14.2. The third kappa shape index (κ3) is 3.65. The number of amidine groups is 1. The summed E-state index contributed by atoms with van der Waals surface area (Å²) in [5, 5.41) is 12.3. The molecule has 0 spiro atoms. The minimum absolute atomic E-state index is 0.0453. The van der Waals surface area contributed by atoms with Gasteiger partial charge in [-0.05, 0) is 68.9 Å². The Labute approximate surface area is 194 Å². The Hall–Kier alpha value is -2.41. The summed E-state index contributed by atoms with van der Waals surface area (Å²) < 4.78 is 1.91. The van der Waals surface area contributed by atoms with Crippen molar-refractivity contribution in [3.8, 4) is 0 Å². The average molecular weight is 450 g/mol. The molecule has 0 amide bonds. The third-order valence-electron chi connectivity index (χ3n) is 9.04. The summed E-state index contributed by atoms with van der Waals surface area (Å²) in [5.74, 6) is 1.64. The molecule has 4 aliphatic rings. The van der Waals surface area contributed by atoms with Gasteiger partial charge in [-0.1, -0.05) is 43.0 Å². The Morgan fingerprint density at radius 1 is 0.909 bits per heavy atom. The number of hydrogen-bond donors (Lipinski definition) is 2. The van der Waals surface area contributed by atoms with Gasteiger partial charge in [0.1, 0.15) is 0 Å². The van der Waals surface area contributed by atoms with E-state index in [0.29, 0.717) is 17.6 Å². The molecule has 1 aromatic carbocycles. The van der Waals surface area contributed by atoms with Gasteiger partial charge in [0.25, 0.3) is 5.56 Å². The molecule has 6 rings (SSSR count). The number of nitrogens with two attached hydrogens (primary N) is 1. The molecule has 2 saturated heterocycles. The molecule has 4 bridgehead atoms. The highest BCUT2D eigenvalue weighted by Crippen LogP contribution is 2.47. The monoisotopic (exact) mass is 449 g/mol. The van der Waals surface area contributed by atoms with E-state index in [0.717, 1.165) is 36.2 Å². The van der Waals surface area contributed by atoms with E-state index in [9.17, 15) is 10.0 Å². The number of para-hydroxylation sites is 2. The van der Waals surface area contributed by atoms with E-state index in [1.54, 1.807) is 0 Å². The molecule has 4 fully saturated rings. The second kappa shape index (κ2) is 8.42. The summed E-state index contributed by atoms with van der Waals surface area (Å²) >= 11 is 0. The lowest BCUT2D eigenvalue weighted by atomic mass is 9.68. The van der Waals surface area contributed by atoms with Gasteiger partial charge < -0.3 is 15.5 Å². The van der Waals surface area contributed by atoms with E-state index in [2.05, 4.69) is 15.0 Å². The largest absolute Gasteiger partial charge is 0.409 e. The first kappa shape index (κ1) is 21.1. The first-order chi connectivity index (χ1) is 16.1. The molecule has 7 nitrogen and oxygen atoms in total.